The standard InChI is InChI=1S/C13H17BrN2O3/c1-15-13(18)12-8-19-5-4-16(12)11-3-2-9(7-17)6-10(11)14/h2-3,6,12,17H,4-5,7-8H2,1H3,(H,15,18). The molecule has 1 aliphatic heterocycles. The molecule has 0 aliphatic carbocycles. The predicted molar refractivity (Wildman–Crippen MR) is 76.1 cm³/mol. The van der Waals surface area contributed by atoms with E-state index in [0.29, 0.717) is 19.8 Å². The highest BCUT2D eigenvalue weighted by Gasteiger charge is 2.29. The van der Waals surface area contributed by atoms with Crippen molar-refractivity contribution in [1.29, 1.82) is 0 Å². The van der Waals surface area contributed by atoms with E-state index in [1.165, 1.54) is 0 Å². The van der Waals surface area contributed by atoms with Crippen molar-refractivity contribution >= 4 is 27.5 Å². The number of halogens is 1. The van der Waals surface area contributed by atoms with Crippen LogP contribution in [0.15, 0.2) is 22.7 Å². The molecular formula is C13H17BrN2O3. The number of ether oxygens (including phenoxy) is 1. The Balaban J connectivity index is 2.29. The lowest BCUT2D eigenvalue weighted by Gasteiger charge is -2.36. The highest BCUT2D eigenvalue weighted by molar-refractivity contribution is 9.10. The number of morpholine rings is 1. The average Bonchev–Trinajstić information content (AvgIpc) is 2.46. The molecule has 1 atom stereocenters. The summed E-state index contributed by atoms with van der Waals surface area (Å²) in [5.41, 5.74) is 1.77. The van der Waals surface area contributed by atoms with Crippen LogP contribution in [-0.2, 0) is 16.1 Å². The number of hydrogen-bond acceptors (Lipinski definition) is 4. The number of nitrogens with zero attached hydrogens (tertiary/aromatic N) is 1. The van der Waals surface area contributed by atoms with E-state index in [9.17, 15) is 4.79 Å². The summed E-state index contributed by atoms with van der Waals surface area (Å²) >= 11 is 3.50. The Morgan fingerprint density at radius 1 is 1.63 bits per heavy atom. The first-order valence-electron chi connectivity index (χ1n) is 6.12. The minimum Gasteiger partial charge on any atom is -0.392 e. The molecule has 1 aromatic carbocycles. The van der Waals surface area contributed by atoms with Crippen LogP contribution in [0.1, 0.15) is 5.56 Å². The largest absolute Gasteiger partial charge is 0.392 e. The summed E-state index contributed by atoms with van der Waals surface area (Å²) in [5.74, 6) is -0.0576. The molecule has 0 radical (unpaired) electrons. The van der Waals surface area contributed by atoms with Crippen molar-refractivity contribution in [3.63, 3.8) is 0 Å². The SMILES string of the molecule is CNC(=O)C1COCCN1c1ccc(CO)cc1Br. The third-order valence-electron chi connectivity index (χ3n) is 3.18. The van der Waals surface area contributed by atoms with Gasteiger partial charge in [0.05, 0.1) is 25.5 Å². The van der Waals surface area contributed by atoms with E-state index in [0.717, 1.165) is 15.7 Å². The number of anilines is 1. The number of benzene rings is 1. The number of amides is 1. The summed E-state index contributed by atoms with van der Waals surface area (Å²) in [5, 5.41) is 11.8. The summed E-state index contributed by atoms with van der Waals surface area (Å²) < 4.78 is 6.25. The second kappa shape index (κ2) is 6.36. The van der Waals surface area contributed by atoms with E-state index < -0.39 is 0 Å². The first-order chi connectivity index (χ1) is 9.17. The van der Waals surface area contributed by atoms with Crippen molar-refractivity contribution in [2.75, 3.05) is 31.7 Å². The Hall–Kier alpha value is -1.11. The molecule has 6 heteroatoms. The fraction of sp³-hybridized carbons (Fsp3) is 0.462. The number of aliphatic hydroxyl groups is 1. The maximum absolute atomic E-state index is 11.9. The van der Waals surface area contributed by atoms with Crippen LogP contribution in [0.4, 0.5) is 5.69 Å². The van der Waals surface area contributed by atoms with Crippen molar-refractivity contribution in [3.8, 4) is 0 Å². The number of carbonyl (C=O) groups excluding carboxylic acids is 1. The molecule has 1 unspecified atom stereocenters. The third-order valence-corrected chi connectivity index (χ3v) is 3.82. The molecule has 1 fully saturated rings. The Bertz CT molecular complexity index is 467. The molecule has 1 aliphatic rings. The zero-order valence-corrected chi connectivity index (χ0v) is 12.3. The number of carbonyl (C=O) groups is 1. The van der Waals surface area contributed by atoms with E-state index in [2.05, 4.69) is 21.2 Å². The van der Waals surface area contributed by atoms with Crippen molar-refractivity contribution < 1.29 is 14.6 Å². The lowest BCUT2D eigenvalue weighted by Crippen LogP contribution is -2.53. The molecule has 19 heavy (non-hydrogen) atoms. The Morgan fingerprint density at radius 2 is 2.42 bits per heavy atom. The highest BCUT2D eigenvalue weighted by Crippen LogP contribution is 2.30. The van der Waals surface area contributed by atoms with Gasteiger partial charge in [0.15, 0.2) is 0 Å². The Morgan fingerprint density at radius 3 is 3.05 bits per heavy atom. The minimum absolute atomic E-state index is 0.000859. The molecule has 2 N–H and O–H groups in total. The summed E-state index contributed by atoms with van der Waals surface area (Å²) in [7, 11) is 1.62. The fourth-order valence-corrected chi connectivity index (χ4v) is 2.81. The van der Waals surface area contributed by atoms with E-state index in [-0.39, 0.29) is 18.6 Å². The maximum atomic E-state index is 11.9. The number of likely N-dealkylation sites (N-methyl/N-ethyl adjacent to an activating group) is 1. The van der Waals surface area contributed by atoms with Crippen LogP contribution in [0.2, 0.25) is 0 Å². The van der Waals surface area contributed by atoms with Crippen LogP contribution >= 0.6 is 15.9 Å². The van der Waals surface area contributed by atoms with Gasteiger partial charge in [-0.05, 0) is 33.6 Å². The zero-order chi connectivity index (χ0) is 13.8. The summed E-state index contributed by atoms with van der Waals surface area (Å²) in [6, 6.07) is 5.31. The molecule has 104 valence electrons. The van der Waals surface area contributed by atoms with Gasteiger partial charge >= 0.3 is 0 Å². The quantitative estimate of drug-likeness (QED) is 0.865. The average molecular weight is 329 g/mol. The molecule has 2 rings (SSSR count). The van der Waals surface area contributed by atoms with Crippen LogP contribution in [0, 0.1) is 0 Å². The fourth-order valence-electron chi connectivity index (χ4n) is 2.16. The van der Waals surface area contributed by atoms with Gasteiger partial charge in [-0.15, -0.1) is 0 Å². The number of nitrogens with one attached hydrogen (secondary N) is 1. The topological polar surface area (TPSA) is 61.8 Å². The lowest BCUT2D eigenvalue weighted by molar-refractivity contribution is -0.124. The summed E-state index contributed by atoms with van der Waals surface area (Å²) in [6.45, 7) is 1.64. The minimum atomic E-state index is -0.324. The molecule has 0 bridgehead atoms. The smallest absolute Gasteiger partial charge is 0.244 e. The molecule has 1 saturated heterocycles. The van der Waals surface area contributed by atoms with E-state index in [4.69, 9.17) is 9.84 Å². The van der Waals surface area contributed by atoms with Gasteiger partial charge in [-0.2, -0.15) is 0 Å². The first-order valence-corrected chi connectivity index (χ1v) is 6.92. The van der Waals surface area contributed by atoms with Gasteiger partial charge in [-0.25, -0.2) is 0 Å². The van der Waals surface area contributed by atoms with Gasteiger partial charge in [-0.1, -0.05) is 6.07 Å². The Labute approximate surface area is 120 Å². The maximum Gasteiger partial charge on any atom is 0.244 e. The van der Waals surface area contributed by atoms with Crippen LogP contribution in [0.5, 0.6) is 0 Å². The summed E-state index contributed by atoms with van der Waals surface area (Å²) in [4.78, 5) is 13.9. The van der Waals surface area contributed by atoms with Gasteiger partial charge in [0.2, 0.25) is 5.91 Å². The van der Waals surface area contributed by atoms with Crippen LogP contribution in [0.3, 0.4) is 0 Å². The van der Waals surface area contributed by atoms with Gasteiger partial charge in [0, 0.05) is 18.1 Å². The van der Waals surface area contributed by atoms with E-state index in [1.54, 1.807) is 7.05 Å². The molecule has 5 nitrogen and oxygen atoms in total. The predicted octanol–water partition coefficient (Wildman–Crippen LogP) is 0.893. The van der Waals surface area contributed by atoms with E-state index in [1.807, 2.05) is 23.1 Å². The molecule has 1 aromatic rings. The molecule has 0 spiro atoms. The first kappa shape index (κ1) is 14.3. The monoisotopic (exact) mass is 328 g/mol. The molecular weight excluding hydrogens is 312 g/mol. The van der Waals surface area contributed by atoms with Crippen molar-refractivity contribution in [2.45, 2.75) is 12.6 Å². The molecule has 0 saturated carbocycles. The number of hydrogen-bond donors (Lipinski definition) is 2. The molecule has 1 amide bonds. The van der Waals surface area contributed by atoms with Gasteiger partial charge in [0.25, 0.3) is 0 Å². The highest BCUT2D eigenvalue weighted by atomic mass is 79.9. The molecule has 0 aromatic heterocycles. The normalized spacial score (nSPS) is 19.3. The number of rotatable bonds is 3. The van der Waals surface area contributed by atoms with E-state index >= 15 is 0 Å². The van der Waals surface area contributed by atoms with Crippen LogP contribution in [-0.4, -0.2) is 43.9 Å². The molecule has 1 heterocycles. The lowest BCUT2D eigenvalue weighted by atomic mass is 10.1. The third kappa shape index (κ3) is 3.08. The van der Waals surface area contributed by atoms with Gasteiger partial charge in [-0.3, -0.25) is 4.79 Å². The zero-order valence-electron chi connectivity index (χ0n) is 10.7. The second-order valence-electron chi connectivity index (χ2n) is 4.34. The van der Waals surface area contributed by atoms with Gasteiger partial charge < -0.3 is 20.1 Å². The van der Waals surface area contributed by atoms with Crippen LogP contribution < -0.4 is 10.2 Å². The second-order valence-corrected chi connectivity index (χ2v) is 5.20. The Kier molecular flexibility index (Phi) is 4.79. The van der Waals surface area contributed by atoms with Crippen LogP contribution in [0.25, 0.3) is 0 Å². The van der Waals surface area contributed by atoms with Crippen molar-refractivity contribution in [1.82, 2.24) is 5.32 Å². The summed E-state index contributed by atoms with van der Waals surface area (Å²) in [6.07, 6.45) is 0. The van der Waals surface area contributed by atoms with Crippen molar-refractivity contribution in [3.05, 3.63) is 28.2 Å². The van der Waals surface area contributed by atoms with Gasteiger partial charge in [0.1, 0.15) is 6.04 Å². The van der Waals surface area contributed by atoms with Crippen molar-refractivity contribution in [2.24, 2.45) is 0 Å². The number of aliphatic hydroxyl groups excluding tert-OH is 1.